The first-order valence-corrected chi connectivity index (χ1v) is 10.9. The number of thioether (sulfide) groups is 1. The lowest BCUT2D eigenvalue weighted by Gasteiger charge is -2.28. The Morgan fingerprint density at radius 1 is 1.07 bits per heavy atom. The number of carbonyl (C=O) groups excluding carboxylic acids is 2. The number of likely N-dealkylation sites (N-methyl/N-ethyl adjacent to an activating group) is 1. The molecule has 4 nitrogen and oxygen atoms in total. The number of rotatable bonds is 8. The largest absolute Gasteiger partial charge is 0.357 e. The van der Waals surface area contributed by atoms with Crippen molar-refractivity contribution >= 4 is 58.4 Å². The maximum Gasteiger partial charge on any atom is 0.242 e. The summed E-state index contributed by atoms with van der Waals surface area (Å²) in [5.41, 5.74) is 1.81. The predicted octanol–water partition coefficient (Wildman–Crippen LogP) is 5.04. The summed E-state index contributed by atoms with van der Waals surface area (Å²) in [5, 5.41) is 4.37. The van der Waals surface area contributed by atoms with Crippen LogP contribution in [0.1, 0.15) is 18.1 Å². The zero-order valence-electron chi connectivity index (χ0n) is 15.5. The second-order valence-electron chi connectivity index (χ2n) is 6.17. The maximum atomic E-state index is 12.9. The lowest BCUT2D eigenvalue weighted by atomic mass is 10.1. The summed E-state index contributed by atoms with van der Waals surface area (Å²) in [6.45, 7) is 2.04. The van der Waals surface area contributed by atoms with Crippen LogP contribution in [0, 0.1) is 0 Å². The molecule has 28 heavy (non-hydrogen) atoms. The molecule has 2 aromatic carbocycles. The first-order chi connectivity index (χ1) is 13.3. The molecule has 0 heterocycles. The van der Waals surface area contributed by atoms with Crippen LogP contribution in [-0.2, 0) is 21.9 Å². The average molecular weight is 460 g/mol. The van der Waals surface area contributed by atoms with Crippen molar-refractivity contribution in [2.75, 3.05) is 12.8 Å². The Balaban J connectivity index is 2.05. The molecule has 0 saturated heterocycles. The van der Waals surface area contributed by atoms with Gasteiger partial charge in [0.2, 0.25) is 11.8 Å². The number of halogens is 3. The summed E-state index contributed by atoms with van der Waals surface area (Å²) < 4.78 is 0. The second kappa shape index (κ2) is 11.0. The summed E-state index contributed by atoms with van der Waals surface area (Å²) in [4.78, 5) is 26.5. The smallest absolute Gasteiger partial charge is 0.242 e. The lowest BCUT2D eigenvalue weighted by molar-refractivity contribution is -0.138. The molecule has 0 aromatic heterocycles. The monoisotopic (exact) mass is 458 g/mol. The Bertz CT molecular complexity index is 831. The van der Waals surface area contributed by atoms with E-state index in [1.54, 1.807) is 43.1 Å². The maximum absolute atomic E-state index is 12.9. The number of hydrogen-bond acceptors (Lipinski definition) is 3. The molecule has 0 saturated carbocycles. The van der Waals surface area contributed by atoms with Crippen LogP contribution in [0.15, 0.2) is 42.5 Å². The topological polar surface area (TPSA) is 49.4 Å². The number of amides is 2. The van der Waals surface area contributed by atoms with Gasteiger partial charge in [0, 0.05) is 34.4 Å². The van der Waals surface area contributed by atoms with Crippen LogP contribution >= 0.6 is 46.6 Å². The highest BCUT2D eigenvalue weighted by Gasteiger charge is 2.25. The summed E-state index contributed by atoms with van der Waals surface area (Å²) in [5.74, 6) is 0.466. The molecule has 0 fully saturated rings. The second-order valence-corrected chi connectivity index (χ2v) is 8.43. The fourth-order valence-corrected chi connectivity index (χ4v) is 4.14. The van der Waals surface area contributed by atoms with Gasteiger partial charge in [0.25, 0.3) is 0 Å². The molecule has 0 radical (unpaired) electrons. The third-order valence-electron chi connectivity index (χ3n) is 4.18. The van der Waals surface area contributed by atoms with Crippen molar-refractivity contribution in [3.05, 3.63) is 68.7 Å². The summed E-state index contributed by atoms with van der Waals surface area (Å²) in [7, 11) is 1.56. The molecule has 8 heteroatoms. The molecular weight excluding hydrogens is 439 g/mol. The van der Waals surface area contributed by atoms with Crippen molar-refractivity contribution in [2.24, 2.45) is 0 Å². The molecule has 0 spiro atoms. The van der Waals surface area contributed by atoms with E-state index in [1.165, 1.54) is 11.8 Å². The van der Waals surface area contributed by atoms with E-state index >= 15 is 0 Å². The normalized spacial score (nSPS) is 11.8. The highest BCUT2D eigenvalue weighted by Crippen LogP contribution is 2.25. The third-order valence-corrected chi connectivity index (χ3v) is 5.98. The number of hydrogen-bond donors (Lipinski definition) is 1. The number of carbonyl (C=O) groups is 2. The van der Waals surface area contributed by atoms with Gasteiger partial charge >= 0.3 is 0 Å². The molecule has 2 amide bonds. The van der Waals surface area contributed by atoms with Gasteiger partial charge in [-0.3, -0.25) is 9.59 Å². The lowest BCUT2D eigenvalue weighted by Crippen LogP contribution is -2.47. The Kier molecular flexibility index (Phi) is 8.96. The Hall–Kier alpha value is -1.40. The van der Waals surface area contributed by atoms with E-state index in [2.05, 4.69) is 5.32 Å². The van der Waals surface area contributed by atoms with Crippen LogP contribution in [0.2, 0.25) is 15.1 Å². The van der Waals surface area contributed by atoms with Gasteiger partial charge in [0.1, 0.15) is 6.04 Å². The number of nitrogens with zero attached hydrogens (tertiary/aromatic N) is 1. The van der Waals surface area contributed by atoms with E-state index in [1.807, 2.05) is 18.2 Å². The van der Waals surface area contributed by atoms with Crippen molar-refractivity contribution in [3.63, 3.8) is 0 Å². The quantitative estimate of drug-likeness (QED) is 0.601. The SMILES string of the molecule is CNC(=O)[C@@H](C)N(Cc1ccc(Cl)cc1)C(=O)CSCc1ccc(Cl)cc1Cl. The van der Waals surface area contributed by atoms with Crippen molar-refractivity contribution in [1.82, 2.24) is 10.2 Å². The van der Waals surface area contributed by atoms with Gasteiger partial charge in [-0.15, -0.1) is 11.8 Å². The molecule has 0 unspecified atom stereocenters. The van der Waals surface area contributed by atoms with Gasteiger partial charge in [-0.25, -0.2) is 0 Å². The van der Waals surface area contributed by atoms with Crippen LogP contribution in [-0.4, -0.2) is 35.6 Å². The summed E-state index contributed by atoms with van der Waals surface area (Å²) >= 11 is 19.5. The van der Waals surface area contributed by atoms with Crippen LogP contribution in [0.25, 0.3) is 0 Å². The van der Waals surface area contributed by atoms with E-state index in [0.717, 1.165) is 11.1 Å². The molecule has 0 aliphatic carbocycles. The van der Waals surface area contributed by atoms with Crippen molar-refractivity contribution in [2.45, 2.75) is 25.3 Å². The van der Waals surface area contributed by atoms with Crippen LogP contribution < -0.4 is 5.32 Å². The van der Waals surface area contributed by atoms with Crippen molar-refractivity contribution in [3.8, 4) is 0 Å². The van der Waals surface area contributed by atoms with Crippen LogP contribution in [0.4, 0.5) is 0 Å². The zero-order valence-corrected chi connectivity index (χ0v) is 18.6. The van der Waals surface area contributed by atoms with Crippen LogP contribution in [0.5, 0.6) is 0 Å². The minimum Gasteiger partial charge on any atom is -0.357 e. The minimum atomic E-state index is -0.590. The van der Waals surface area contributed by atoms with E-state index in [9.17, 15) is 9.59 Å². The van der Waals surface area contributed by atoms with Crippen molar-refractivity contribution < 1.29 is 9.59 Å². The highest BCUT2D eigenvalue weighted by molar-refractivity contribution is 7.99. The summed E-state index contributed by atoms with van der Waals surface area (Å²) in [6, 6.07) is 11.9. The Morgan fingerprint density at radius 2 is 1.71 bits per heavy atom. The molecule has 0 aliphatic heterocycles. The van der Waals surface area contributed by atoms with Gasteiger partial charge in [0.05, 0.1) is 5.75 Å². The first kappa shape index (κ1) is 22.9. The minimum absolute atomic E-state index is 0.124. The van der Waals surface area contributed by atoms with Gasteiger partial charge in [-0.05, 0) is 42.3 Å². The van der Waals surface area contributed by atoms with E-state index < -0.39 is 6.04 Å². The molecule has 2 aromatic rings. The molecule has 0 aliphatic rings. The number of benzene rings is 2. The molecule has 1 atom stereocenters. The Labute approximate surface area is 184 Å². The molecule has 150 valence electrons. The van der Waals surface area contributed by atoms with E-state index in [-0.39, 0.29) is 17.6 Å². The van der Waals surface area contributed by atoms with Crippen molar-refractivity contribution in [1.29, 1.82) is 0 Å². The fourth-order valence-electron chi connectivity index (χ4n) is 2.55. The summed E-state index contributed by atoms with van der Waals surface area (Å²) in [6.07, 6.45) is 0. The molecule has 1 N–H and O–H groups in total. The van der Waals surface area contributed by atoms with Gasteiger partial charge in [0.15, 0.2) is 0 Å². The molecular formula is C20H21Cl3N2O2S. The van der Waals surface area contributed by atoms with Gasteiger partial charge in [-0.2, -0.15) is 0 Å². The van der Waals surface area contributed by atoms with E-state index in [4.69, 9.17) is 34.8 Å². The standard InChI is InChI=1S/C20H21Cl3N2O2S/c1-13(20(27)24-2)25(10-14-3-6-16(21)7-4-14)19(26)12-28-11-15-5-8-17(22)9-18(15)23/h3-9,13H,10-12H2,1-2H3,(H,24,27)/t13-/m1/s1. The molecule has 2 rings (SSSR count). The third kappa shape index (κ3) is 6.59. The van der Waals surface area contributed by atoms with Crippen LogP contribution in [0.3, 0.4) is 0 Å². The fraction of sp³-hybridized carbons (Fsp3) is 0.300. The highest BCUT2D eigenvalue weighted by atomic mass is 35.5. The number of nitrogens with one attached hydrogen (secondary N) is 1. The molecule has 0 bridgehead atoms. The predicted molar refractivity (Wildman–Crippen MR) is 118 cm³/mol. The van der Waals surface area contributed by atoms with Gasteiger partial charge < -0.3 is 10.2 Å². The van der Waals surface area contributed by atoms with E-state index in [0.29, 0.717) is 27.4 Å². The average Bonchev–Trinajstić information content (AvgIpc) is 2.67. The van der Waals surface area contributed by atoms with Gasteiger partial charge in [-0.1, -0.05) is 53.0 Å². The zero-order chi connectivity index (χ0) is 20.7. The first-order valence-electron chi connectivity index (χ1n) is 8.59. The Morgan fingerprint density at radius 3 is 2.32 bits per heavy atom.